The van der Waals surface area contributed by atoms with E-state index in [1.807, 2.05) is 42.5 Å². The topological polar surface area (TPSA) is 84.2 Å². The predicted octanol–water partition coefficient (Wildman–Crippen LogP) is 4.05. The van der Waals surface area contributed by atoms with Crippen molar-refractivity contribution in [1.29, 1.82) is 0 Å². The second-order valence-corrected chi connectivity index (χ2v) is 7.75. The van der Waals surface area contributed by atoms with Gasteiger partial charge in [-0.1, -0.05) is 55.3 Å². The fraction of sp³-hybridized carbons (Fsp3) is 0.391. The quantitative estimate of drug-likeness (QED) is 0.666. The molecule has 1 aliphatic rings. The van der Waals surface area contributed by atoms with Crippen molar-refractivity contribution in [1.82, 2.24) is 20.4 Å². The fourth-order valence-electron chi connectivity index (χ4n) is 3.68. The number of rotatable bonds is 6. The van der Waals surface area contributed by atoms with Crippen LogP contribution in [-0.4, -0.2) is 40.7 Å². The zero-order valence-corrected chi connectivity index (χ0v) is 17.3. The number of anilines is 1. The highest BCUT2D eigenvalue weighted by Crippen LogP contribution is 2.23. The van der Waals surface area contributed by atoms with Crippen molar-refractivity contribution in [3.63, 3.8) is 0 Å². The molecule has 0 saturated carbocycles. The number of hydrogen-bond donors (Lipinski definition) is 1. The Labute approximate surface area is 176 Å². The molecule has 3 heterocycles. The van der Waals surface area contributed by atoms with Crippen LogP contribution in [0, 0.1) is 0 Å². The second kappa shape index (κ2) is 9.52. The monoisotopic (exact) mass is 405 g/mol. The lowest BCUT2D eigenvalue weighted by molar-refractivity contribution is 0.0908. The molecule has 156 valence electrons. The maximum Gasteiger partial charge on any atom is 0.316 e. The van der Waals surface area contributed by atoms with Gasteiger partial charge in [0.1, 0.15) is 5.82 Å². The molecule has 1 amide bonds. The Hall–Kier alpha value is -3.22. The summed E-state index contributed by atoms with van der Waals surface area (Å²) in [5.74, 6) is 1.11. The molecule has 7 heteroatoms. The Morgan fingerprint density at radius 1 is 1.13 bits per heavy atom. The van der Waals surface area contributed by atoms with Gasteiger partial charge in [0.2, 0.25) is 5.82 Å². The maximum atomic E-state index is 12.4. The van der Waals surface area contributed by atoms with Crippen LogP contribution in [0.15, 0.2) is 53.2 Å². The summed E-state index contributed by atoms with van der Waals surface area (Å²) in [7, 11) is 0. The molecule has 0 bridgehead atoms. The first-order chi connectivity index (χ1) is 14.7. The number of pyridine rings is 1. The van der Waals surface area contributed by atoms with Crippen LogP contribution in [0.2, 0.25) is 0 Å². The van der Waals surface area contributed by atoms with Gasteiger partial charge in [-0.25, -0.2) is 4.98 Å². The van der Waals surface area contributed by atoms with E-state index < -0.39 is 0 Å². The standard InChI is InChI=1S/C23H27N5O2/c1-17(18-9-5-4-6-10-18)16-25-22(29)23-26-21(27-30-23)19-11-12-24-20(15-19)28-13-7-2-3-8-14-28/h4-6,9-12,15,17H,2-3,7-8,13-14,16H2,1H3,(H,25,29)/t17-/m1/s1. The van der Waals surface area contributed by atoms with Gasteiger partial charge in [-0.2, -0.15) is 4.98 Å². The third kappa shape index (κ3) is 4.84. The molecule has 1 aliphatic heterocycles. The Balaban J connectivity index is 1.41. The van der Waals surface area contributed by atoms with Crippen LogP contribution >= 0.6 is 0 Å². The molecule has 1 atom stereocenters. The van der Waals surface area contributed by atoms with Crippen molar-refractivity contribution in [2.75, 3.05) is 24.5 Å². The molecule has 0 radical (unpaired) electrons. The van der Waals surface area contributed by atoms with Crippen LogP contribution in [0.1, 0.15) is 54.8 Å². The molecular weight excluding hydrogens is 378 g/mol. The number of carbonyl (C=O) groups excluding carboxylic acids is 1. The van der Waals surface area contributed by atoms with E-state index in [1.54, 1.807) is 6.20 Å². The molecule has 4 rings (SSSR count). The maximum absolute atomic E-state index is 12.4. The van der Waals surface area contributed by atoms with Crippen molar-refractivity contribution in [3.05, 3.63) is 60.1 Å². The summed E-state index contributed by atoms with van der Waals surface area (Å²) in [5.41, 5.74) is 1.96. The summed E-state index contributed by atoms with van der Waals surface area (Å²) in [6.07, 6.45) is 6.65. The molecule has 0 aliphatic carbocycles. The van der Waals surface area contributed by atoms with Crippen LogP contribution in [0.25, 0.3) is 11.4 Å². The highest BCUT2D eigenvalue weighted by molar-refractivity contribution is 5.89. The number of aromatic nitrogens is 3. The third-order valence-electron chi connectivity index (χ3n) is 5.49. The number of nitrogens with zero attached hydrogens (tertiary/aromatic N) is 4. The summed E-state index contributed by atoms with van der Waals surface area (Å²) in [6.45, 7) is 4.58. The number of benzene rings is 1. The summed E-state index contributed by atoms with van der Waals surface area (Å²) in [4.78, 5) is 23.6. The molecule has 1 N–H and O–H groups in total. The Kier molecular flexibility index (Phi) is 6.37. The average molecular weight is 406 g/mol. The van der Waals surface area contributed by atoms with Crippen molar-refractivity contribution in [2.24, 2.45) is 0 Å². The zero-order chi connectivity index (χ0) is 20.8. The van der Waals surface area contributed by atoms with Crippen LogP contribution in [0.4, 0.5) is 5.82 Å². The average Bonchev–Trinajstić information content (AvgIpc) is 3.13. The smallest absolute Gasteiger partial charge is 0.316 e. The lowest BCUT2D eigenvalue weighted by Crippen LogP contribution is -2.27. The van der Waals surface area contributed by atoms with E-state index in [0.29, 0.717) is 12.4 Å². The van der Waals surface area contributed by atoms with Gasteiger partial charge in [-0.05, 0) is 36.5 Å². The summed E-state index contributed by atoms with van der Waals surface area (Å²) in [5, 5.41) is 6.88. The van der Waals surface area contributed by atoms with Crippen LogP contribution < -0.4 is 10.2 Å². The molecule has 3 aromatic rings. The zero-order valence-electron chi connectivity index (χ0n) is 17.3. The molecule has 1 aromatic carbocycles. The Morgan fingerprint density at radius 2 is 1.90 bits per heavy atom. The highest BCUT2D eigenvalue weighted by Gasteiger charge is 2.18. The minimum atomic E-state index is -0.363. The minimum absolute atomic E-state index is 0.0293. The summed E-state index contributed by atoms with van der Waals surface area (Å²) in [6, 6.07) is 13.9. The van der Waals surface area contributed by atoms with E-state index in [9.17, 15) is 4.79 Å². The molecule has 0 unspecified atom stereocenters. The first kappa shape index (κ1) is 20.1. The van der Waals surface area contributed by atoms with Crippen molar-refractivity contribution in [2.45, 2.75) is 38.5 Å². The minimum Gasteiger partial charge on any atom is -0.357 e. The molecule has 1 fully saturated rings. The van der Waals surface area contributed by atoms with E-state index in [-0.39, 0.29) is 17.7 Å². The lowest BCUT2D eigenvalue weighted by Gasteiger charge is -2.21. The fourth-order valence-corrected chi connectivity index (χ4v) is 3.68. The van der Waals surface area contributed by atoms with Gasteiger partial charge in [-0.15, -0.1) is 0 Å². The molecule has 7 nitrogen and oxygen atoms in total. The van der Waals surface area contributed by atoms with E-state index >= 15 is 0 Å². The van der Waals surface area contributed by atoms with Crippen molar-refractivity contribution in [3.8, 4) is 11.4 Å². The summed E-state index contributed by atoms with van der Waals surface area (Å²) < 4.78 is 5.22. The lowest BCUT2D eigenvalue weighted by atomic mass is 10.0. The van der Waals surface area contributed by atoms with Gasteiger partial charge in [0, 0.05) is 31.4 Å². The van der Waals surface area contributed by atoms with Crippen LogP contribution in [0.5, 0.6) is 0 Å². The third-order valence-corrected chi connectivity index (χ3v) is 5.49. The Bertz CT molecular complexity index is 964. The molecular formula is C23H27N5O2. The van der Waals surface area contributed by atoms with Crippen LogP contribution in [0.3, 0.4) is 0 Å². The molecule has 30 heavy (non-hydrogen) atoms. The number of amides is 1. The van der Waals surface area contributed by atoms with E-state index in [1.165, 1.54) is 31.2 Å². The second-order valence-electron chi connectivity index (χ2n) is 7.75. The first-order valence-corrected chi connectivity index (χ1v) is 10.6. The normalized spacial score (nSPS) is 15.4. The highest BCUT2D eigenvalue weighted by atomic mass is 16.5. The molecule has 1 saturated heterocycles. The van der Waals surface area contributed by atoms with Gasteiger partial charge in [0.15, 0.2) is 0 Å². The van der Waals surface area contributed by atoms with Gasteiger partial charge < -0.3 is 14.7 Å². The van der Waals surface area contributed by atoms with Crippen molar-refractivity contribution >= 4 is 11.7 Å². The molecule has 2 aromatic heterocycles. The van der Waals surface area contributed by atoms with Gasteiger partial charge in [-0.3, -0.25) is 4.79 Å². The van der Waals surface area contributed by atoms with Gasteiger partial charge in [0.25, 0.3) is 0 Å². The SMILES string of the molecule is C[C@H](CNC(=O)c1nc(-c2ccnc(N3CCCCCC3)c2)no1)c1ccccc1. The van der Waals surface area contributed by atoms with E-state index in [0.717, 1.165) is 24.5 Å². The largest absolute Gasteiger partial charge is 0.357 e. The molecule has 0 spiro atoms. The van der Waals surface area contributed by atoms with Crippen LogP contribution in [-0.2, 0) is 0 Å². The predicted molar refractivity (Wildman–Crippen MR) is 115 cm³/mol. The number of nitrogens with one attached hydrogen (secondary N) is 1. The van der Waals surface area contributed by atoms with E-state index in [4.69, 9.17) is 4.52 Å². The number of carbonyl (C=O) groups is 1. The van der Waals surface area contributed by atoms with E-state index in [2.05, 4.69) is 32.3 Å². The summed E-state index contributed by atoms with van der Waals surface area (Å²) >= 11 is 0. The van der Waals surface area contributed by atoms with Crippen molar-refractivity contribution < 1.29 is 9.32 Å². The van der Waals surface area contributed by atoms with Gasteiger partial charge in [0.05, 0.1) is 0 Å². The first-order valence-electron chi connectivity index (χ1n) is 10.6. The van der Waals surface area contributed by atoms with Gasteiger partial charge >= 0.3 is 11.8 Å². The Morgan fingerprint density at radius 3 is 2.67 bits per heavy atom. The number of hydrogen-bond acceptors (Lipinski definition) is 6.